The van der Waals surface area contributed by atoms with Crippen LogP contribution in [0.4, 0.5) is 5.69 Å². The number of phenols is 1. The van der Waals surface area contributed by atoms with Gasteiger partial charge in [0.2, 0.25) is 0 Å². The first-order valence-electron chi connectivity index (χ1n) is 8.77. The molecule has 0 aliphatic carbocycles. The third-order valence-electron chi connectivity index (χ3n) is 4.52. The van der Waals surface area contributed by atoms with Crippen LogP contribution in [0.25, 0.3) is 22.0 Å². The van der Waals surface area contributed by atoms with E-state index >= 15 is 0 Å². The number of para-hydroxylation sites is 1. The normalized spacial score (nSPS) is 10.8. The van der Waals surface area contributed by atoms with Gasteiger partial charge in [-0.05, 0) is 17.7 Å². The second-order valence-electron chi connectivity index (χ2n) is 6.33. The van der Waals surface area contributed by atoms with Crippen molar-refractivity contribution in [2.24, 2.45) is 0 Å². The topological polar surface area (TPSA) is 85.5 Å². The molecule has 4 rings (SSSR count). The van der Waals surface area contributed by atoms with Gasteiger partial charge in [-0.3, -0.25) is 15.1 Å². The van der Waals surface area contributed by atoms with Crippen molar-refractivity contribution in [3.8, 4) is 22.6 Å². The molecule has 0 aliphatic heterocycles. The van der Waals surface area contributed by atoms with Crippen molar-refractivity contribution in [2.45, 2.75) is 6.61 Å². The number of ether oxygens (including phenoxy) is 1. The Hall–Kier alpha value is -3.64. The van der Waals surface area contributed by atoms with Crippen molar-refractivity contribution in [2.75, 3.05) is 0 Å². The van der Waals surface area contributed by atoms with Crippen LogP contribution in [0.1, 0.15) is 5.56 Å². The zero-order chi connectivity index (χ0) is 20.4. The molecule has 0 saturated carbocycles. The Morgan fingerprint density at radius 1 is 1.07 bits per heavy atom. The maximum Gasteiger partial charge on any atom is 0.281 e. The summed E-state index contributed by atoms with van der Waals surface area (Å²) < 4.78 is 5.95. The molecule has 29 heavy (non-hydrogen) atoms. The first-order chi connectivity index (χ1) is 14.1. The molecule has 0 fully saturated rings. The highest BCUT2D eigenvalue weighted by Gasteiger charge is 2.25. The molecule has 0 spiro atoms. The summed E-state index contributed by atoms with van der Waals surface area (Å²) in [5.74, 6) is 0.368. The lowest BCUT2D eigenvalue weighted by Gasteiger charge is -2.14. The smallest absolute Gasteiger partial charge is 0.281 e. The Labute approximate surface area is 171 Å². The number of nitrogens with zero attached hydrogens (tertiary/aromatic N) is 2. The number of aromatic hydroxyl groups is 1. The number of rotatable bonds is 5. The van der Waals surface area contributed by atoms with E-state index in [1.54, 1.807) is 24.3 Å². The van der Waals surface area contributed by atoms with Crippen molar-refractivity contribution >= 4 is 28.2 Å². The van der Waals surface area contributed by atoms with Crippen LogP contribution in [0.2, 0.25) is 5.02 Å². The predicted molar refractivity (Wildman–Crippen MR) is 111 cm³/mol. The van der Waals surface area contributed by atoms with E-state index in [9.17, 15) is 15.2 Å². The second-order valence-corrected chi connectivity index (χ2v) is 6.74. The van der Waals surface area contributed by atoms with Crippen molar-refractivity contribution in [1.82, 2.24) is 4.98 Å². The van der Waals surface area contributed by atoms with Gasteiger partial charge in [-0.15, -0.1) is 0 Å². The minimum absolute atomic E-state index is 0.0865. The Kier molecular flexibility index (Phi) is 5.01. The first-order valence-corrected chi connectivity index (χ1v) is 9.14. The molecule has 1 heterocycles. The number of aromatic nitrogens is 1. The summed E-state index contributed by atoms with van der Waals surface area (Å²) in [5.41, 5.74) is 1.51. The van der Waals surface area contributed by atoms with Crippen LogP contribution >= 0.6 is 11.6 Å². The summed E-state index contributed by atoms with van der Waals surface area (Å²) in [5, 5.41) is 22.6. The third-order valence-corrected chi connectivity index (χ3v) is 4.81. The number of nitro benzene ring substituents is 1. The molecule has 144 valence electrons. The van der Waals surface area contributed by atoms with Crippen molar-refractivity contribution in [1.29, 1.82) is 0 Å². The zero-order valence-electron chi connectivity index (χ0n) is 15.1. The summed E-state index contributed by atoms with van der Waals surface area (Å²) in [6.07, 6.45) is 1.51. The van der Waals surface area contributed by atoms with Crippen LogP contribution in [0.5, 0.6) is 11.5 Å². The molecule has 0 saturated heterocycles. The van der Waals surface area contributed by atoms with E-state index in [0.717, 1.165) is 5.56 Å². The molecular weight excluding hydrogens is 392 g/mol. The van der Waals surface area contributed by atoms with Gasteiger partial charge in [-0.25, -0.2) is 0 Å². The molecule has 0 bridgehead atoms. The fourth-order valence-corrected chi connectivity index (χ4v) is 3.49. The van der Waals surface area contributed by atoms with Gasteiger partial charge in [0.05, 0.1) is 26.4 Å². The highest BCUT2D eigenvalue weighted by Crippen LogP contribution is 2.45. The molecule has 1 aromatic heterocycles. The quantitative estimate of drug-likeness (QED) is 0.337. The van der Waals surface area contributed by atoms with Gasteiger partial charge >= 0.3 is 0 Å². The average molecular weight is 407 g/mol. The zero-order valence-corrected chi connectivity index (χ0v) is 15.8. The molecule has 4 aromatic rings. The molecule has 0 radical (unpaired) electrons. The van der Waals surface area contributed by atoms with Crippen LogP contribution in [0.3, 0.4) is 0 Å². The van der Waals surface area contributed by atoms with Crippen LogP contribution in [0, 0.1) is 10.1 Å². The number of fused-ring (bicyclic) bond motifs is 1. The lowest BCUT2D eigenvalue weighted by atomic mass is 9.98. The number of hydrogen-bond acceptors (Lipinski definition) is 5. The van der Waals surface area contributed by atoms with Crippen LogP contribution in [-0.4, -0.2) is 15.0 Å². The van der Waals surface area contributed by atoms with Gasteiger partial charge in [-0.2, -0.15) is 0 Å². The third kappa shape index (κ3) is 3.58. The Morgan fingerprint density at radius 3 is 2.52 bits per heavy atom. The van der Waals surface area contributed by atoms with Crippen molar-refractivity contribution in [3.63, 3.8) is 0 Å². The molecule has 3 aromatic carbocycles. The maximum atomic E-state index is 11.7. The SMILES string of the molecule is O=[N+]([O-])c1cc(Cl)c2c(OCc3ccccc3)ccnc2c1-c1ccccc1O. The number of benzene rings is 3. The van der Waals surface area contributed by atoms with E-state index in [1.165, 1.54) is 18.3 Å². The van der Waals surface area contributed by atoms with Gasteiger partial charge in [0, 0.05) is 17.8 Å². The number of hydrogen-bond donors (Lipinski definition) is 1. The van der Waals surface area contributed by atoms with Gasteiger partial charge < -0.3 is 9.84 Å². The monoisotopic (exact) mass is 406 g/mol. The Balaban J connectivity index is 1.92. The lowest BCUT2D eigenvalue weighted by molar-refractivity contribution is -0.384. The van der Waals surface area contributed by atoms with E-state index in [1.807, 2.05) is 30.3 Å². The number of phenolic OH excluding ortho intramolecular Hbond substituents is 1. The predicted octanol–water partition coefficient (Wildman–Crippen LogP) is 5.75. The van der Waals surface area contributed by atoms with E-state index in [2.05, 4.69) is 4.98 Å². The first kappa shape index (κ1) is 18.7. The lowest BCUT2D eigenvalue weighted by Crippen LogP contribution is -1.99. The Bertz CT molecular complexity index is 1210. The van der Waals surface area contributed by atoms with Gasteiger partial charge in [-0.1, -0.05) is 60.1 Å². The highest BCUT2D eigenvalue weighted by molar-refractivity contribution is 6.37. The van der Waals surface area contributed by atoms with E-state index in [-0.39, 0.29) is 27.5 Å². The standard InChI is InChI=1S/C22H15ClN2O4/c23-16-12-17(25(27)28)20(15-8-4-5-9-18(15)26)22-21(16)19(10-11-24-22)29-13-14-6-2-1-3-7-14/h1-12,26H,13H2. The fourth-order valence-electron chi connectivity index (χ4n) is 3.20. The van der Waals surface area contributed by atoms with Gasteiger partial charge in [0.25, 0.3) is 5.69 Å². The molecule has 6 nitrogen and oxygen atoms in total. The average Bonchev–Trinajstić information content (AvgIpc) is 2.73. The number of halogens is 1. The van der Waals surface area contributed by atoms with E-state index in [0.29, 0.717) is 23.3 Å². The highest BCUT2D eigenvalue weighted by atomic mass is 35.5. The maximum absolute atomic E-state index is 11.7. The molecule has 1 N–H and O–H groups in total. The molecule has 0 atom stereocenters. The fraction of sp³-hybridized carbons (Fsp3) is 0.0455. The second kappa shape index (κ2) is 7.77. The Morgan fingerprint density at radius 2 is 1.79 bits per heavy atom. The minimum Gasteiger partial charge on any atom is -0.507 e. The molecule has 0 unspecified atom stereocenters. The molecule has 0 aliphatic rings. The minimum atomic E-state index is -0.535. The summed E-state index contributed by atoms with van der Waals surface area (Å²) in [4.78, 5) is 15.5. The number of pyridine rings is 1. The largest absolute Gasteiger partial charge is 0.507 e. The number of nitro groups is 1. The van der Waals surface area contributed by atoms with Crippen LogP contribution in [0.15, 0.2) is 72.9 Å². The van der Waals surface area contributed by atoms with Crippen molar-refractivity contribution in [3.05, 3.63) is 93.6 Å². The molecule has 7 heteroatoms. The summed E-state index contributed by atoms with van der Waals surface area (Å²) in [6.45, 7) is 0.305. The van der Waals surface area contributed by atoms with Gasteiger partial charge in [0.1, 0.15) is 18.1 Å². The summed E-state index contributed by atoms with van der Waals surface area (Å²) in [7, 11) is 0. The van der Waals surface area contributed by atoms with Crippen LogP contribution < -0.4 is 4.74 Å². The van der Waals surface area contributed by atoms with Gasteiger partial charge in [0.15, 0.2) is 0 Å². The van der Waals surface area contributed by atoms with Crippen molar-refractivity contribution < 1.29 is 14.8 Å². The molecular formula is C22H15ClN2O4. The molecule has 0 amide bonds. The van der Waals surface area contributed by atoms with Crippen LogP contribution in [-0.2, 0) is 6.61 Å². The van der Waals surface area contributed by atoms with E-state index in [4.69, 9.17) is 16.3 Å². The van der Waals surface area contributed by atoms with E-state index < -0.39 is 4.92 Å². The summed E-state index contributed by atoms with van der Waals surface area (Å²) >= 11 is 6.41. The summed E-state index contributed by atoms with van der Waals surface area (Å²) in [6, 6.07) is 18.9.